The minimum absolute atomic E-state index is 0.207. The molecule has 0 saturated carbocycles. The number of hydrogen-bond donors (Lipinski definition) is 1. The largest absolute Gasteiger partial charge is 0.493 e. The van der Waals surface area contributed by atoms with Crippen LogP contribution in [0.15, 0.2) is 66.7 Å². The zero-order valence-corrected chi connectivity index (χ0v) is 22.4. The molecule has 1 N–H and O–H groups in total. The van der Waals surface area contributed by atoms with Gasteiger partial charge in [0.25, 0.3) is 0 Å². The van der Waals surface area contributed by atoms with E-state index in [4.69, 9.17) is 9.47 Å². The molecular formula is C29H32FN5O4. The molecule has 10 heteroatoms. The summed E-state index contributed by atoms with van der Waals surface area (Å²) in [6.45, 7) is 4.27. The summed E-state index contributed by atoms with van der Waals surface area (Å²) in [5.74, 6) is -0.438. The Morgan fingerprint density at radius 1 is 1.03 bits per heavy atom. The van der Waals surface area contributed by atoms with E-state index < -0.39 is 23.7 Å². The maximum atomic E-state index is 14.5. The van der Waals surface area contributed by atoms with Gasteiger partial charge in [-0.15, -0.1) is 5.10 Å². The van der Waals surface area contributed by atoms with Crippen LogP contribution in [0.5, 0.6) is 11.5 Å². The quantitative estimate of drug-likeness (QED) is 0.304. The lowest BCUT2D eigenvalue weighted by Crippen LogP contribution is -2.45. The molecule has 4 rings (SSSR count). The van der Waals surface area contributed by atoms with Gasteiger partial charge in [0.15, 0.2) is 11.5 Å². The summed E-state index contributed by atoms with van der Waals surface area (Å²) in [5, 5.41) is 11.2. The van der Waals surface area contributed by atoms with Crippen LogP contribution in [0, 0.1) is 11.7 Å². The summed E-state index contributed by atoms with van der Waals surface area (Å²) < 4.78 is 27.1. The molecule has 0 bridgehead atoms. The van der Waals surface area contributed by atoms with E-state index in [2.05, 4.69) is 29.5 Å². The van der Waals surface area contributed by atoms with Crippen LogP contribution in [-0.2, 0) is 16.1 Å². The molecular weight excluding hydrogens is 501 g/mol. The number of fused-ring (bicyclic) bond motifs is 1. The number of aromatic nitrogens is 3. The number of anilines is 1. The first-order valence-electron chi connectivity index (χ1n) is 12.7. The van der Waals surface area contributed by atoms with Crippen molar-refractivity contribution in [3.05, 3.63) is 78.1 Å². The van der Waals surface area contributed by atoms with Crippen molar-refractivity contribution in [2.45, 2.75) is 32.9 Å². The highest BCUT2D eigenvalue weighted by molar-refractivity contribution is 6.02. The zero-order valence-electron chi connectivity index (χ0n) is 22.4. The van der Waals surface area contributed by atoms with Gasteiger partial charge in [-0.05, 0) is 48.7 Å². The summed E-state index contributed by atoms with van der Waals surface area (Å²) in [6.07, 6.45) is 0.743. The molecule has 39 heavy (non-hydrogen) atoms. The number of methoxy groups -OCH3 is 2. The highest BCUT2D eigenvalue weighted by Gasteiger charge is 2.36. The number of para-hydroxylation sites is 2. The maximum Gasteiger partial charge on any atom is 0.249 e. The number of benzene rings is 3. The number of ether oxygens (including phenoxy) is 2. The third-order valence-corrected chi connectivity index (χ3v) is 6.32. The van der Waals surface area contributed by atoms with E-state index in [1.165, 1.54) is 42.0 Å². The summed E-state index contributed by atoms with van der Waals surface area (Å²) >= 11 is 0. The molecule has 204 valence electrons. The van der Waals surface area contributed by atoms with Crippen LogP contribution >= 0.6 is 0 Å². The van der Waals surface area contributed by atoms with Crippen molar-refractivity contribution >= 4 is 28.5 Å². The average molecular weight is 534 g/mol. The minimum atomic E-state index is -1.20. The molecule has 9 nitrogen and oxygen atoms in total. The number of rotatable bonds is 11. The molecule has 1 atom stereocenters. The van der Waals surface area contributed by atoms with Gasteiger partial charge in [0.05, 0.1) is 19.7 Å². The van der Waals surface area contributed by atoms with Gasteiger partial charge in [0.1, 0.15) is 23.9 Å². The van der Waals surface area contributed by atoms with Gasteiger partial charge >= 0.3 is 0 Å². The second-order valence-electron chi connectivity index (χ2n) is 9.44. The SMILES string of the molecule is COc1cccc([C@@H](C(=O)NCCC(C)C)N(C(=O)Cn2nnc3ccccc32)c2cccc(F)c2)c1OC. The fourth-order valence-corrected chi connectivity index (χ4v) is 4.41. The van der Waals surface area contributed by atoms with Crippen LogP contribution in [0.4, 0.5) is 10.1 Å². The second-order valence-corrected chi connectivity index (χ2v) is 9.44. The molecule has 0 aliphatic heterocycles. The monoisotopic (exact) mass is 533 g/mol. The first-order chi connectivity index (χ1) is 18.8. The van der Waals surface area contributed by atoms with E-state index in [9.17, 15) is 14.0 Å². The molecule has 3 aromatic carbocycles. The predicted molar refractivity (Wildman–Crippen MR) is 146 cm³/mol. The molecule has 4 aromatic rings. The molecule has 0 fully saturated rings. The van der Waals surface area contributed by atoms with Gasteiger partial charge in [-0.25, -0.2) is 9.07 Å². The van der Waals surface area contributed by atoms with Gasteiger partial charge in [-0.2, -0.15) is 0 Å². The van der Waals surface area contributed by atoms with E-state index in [-0.39, 0.29) is 12.2 Å². The molecule has 2 amide bonds. The van der Waals surface area contributed by atoms with Crippen molar-refractivity contribution in [1.82, 2.24) is 20.3 Å². The summed E-state index contributed by atoms with van der Waals surface area (Å²) in [7, 11) is 2.95. The van der Waals surface area contributed by atoms with Crippen LogP contribution in [-0.4, -0.2) is 47.6 Å². The van der Waals surface area contributed by atoms with Gasteiger partial charge in [0, 0.05) is 17.8 Å². The average Bonchev–Trinajstić information content (AvgIpc) is 3.33. The van der Waals surface area contributed by atoms with Crippen molar-refractivity contribution < 1.29 is 23.5 Å². The number of carbonyl (C=O) groups is 2. The Morgan fingerprint density at radius 3 is 2.51 bits per heavy atom. The molecule has 1 heterocycles. The first-order valence-corrected chi connectivity index (χ1v) is 12.7. The third-order valence-electron chi connectivity index (χ3n) is 6.32. The van der Waals surface area contributed by atoms with Gasteiger partial charge in [-0.1, -0.05) is 49.4 Å². The first kappa shape index (κ1) is 27.6. The summed E-state index contributed by atoms with van der Waals surface area (Å²) in [6, 6.07) is 16.7. The van der Waals surface area contributed by atoms with Crippen molar-refractivity contribution in [2.24, 2.45) is 5.92 Å². The second kappa shape index (κ2) is 12.4. The lowest BCUT2D eigenvalue weighted by molar-refractivity contribution is -0.127. The Kier molecular flexibility index (Phi) is 8.75. The third kappa shape index (κ3) is 6.17. The molecule has 0 saturated heterocycles. The predicted octanol–water partition coefficient (Wildman–Crippen LogP) is 4.52. The van der Waals surface area contributed by atoms with Crippen molar-refractivity contribution in [3.8, 4) is 11.5 Å². The minimum Gasteiger partial charge on any atom is -0.493 e. The van der Waals surface area contributed by atoms with E-state index in [0.29, 0.717) is 40.6 Å². The van der Waals surface area contributed by atoms with Crippen LogP contribution in [0.25, 0.3) is 11.0 Å². The summed E-state index contributed by atoms with van der Waals surface area (Å²) in [5.41, 5.74) is 1.88. The molecule has 0 radical (unpaired) electrons. The number of amides is 2. The van der Waals surface area contributed by atoms with E-state index in [1.54, 1.807) is 36.4 Å². The van der Waals surface area contributed by atoms with Crippen molar-refractivity contribution in [2.75, 3.05) is 25.7 Å². The zero-order chi connectivity index (χ0) is 27.9. The lowest BCUT2D eigenvalue weighted by atomic mass is 10.0. The highest BCUT2D eigenvalue weighted by atomic mass is 19.1. The number of nitrogens with one attached hydrogen (secondary N) is 1. The molecule has 0 aliphatic rings. The van der Waals surface area contributed by atoms with Crippen molar-refractivity contribution in [3.63, 3.8) is 0 Å². The van der Waals surface area contributed by atoms with Gasteiger partial charge in [-0.3, -0.25) is 14.5 Å². The highest BCUT2D eigenvalue weighted by Crippen LogP contribution is 2.39. The van der Waals surface area contributed by atoms with Gasteiger partial charge in [0.2, 0.25) is 11.8 Å². The smallest absolute Gasteiger partial charge is 0.249 e. The molecule has 0 spiro atoms. The number of nitrogens with zero attached hydrogens (tertiary/aromatic N) is 4. The Bertz CT molecular complexity index is 1450. The van der Waals surface area contributed by atoms with Gasteiger partial charge < -0.3 is 14.8 Å². The maximum absolute atomic E-state index is 14.5. The fourth-order valence-electron chi connectivity index (χ4n) is 4.41. The van der Waals surface area contributed by atoms with Crippen LogP contribution in [0.3, 0.4) is 0 Å². The topological polar surface area (TPSA) is 98.6 Å². The van der Waals surface area contributed by atoms with Crippen LogP contribution < -0.4 is 19.7 Å². The Morgan fingerprint density at radius 2 is 1.79 bits per heavy atom. The fraction of sp³-hybridized carbons (Fsp3) is 0.310. The Balaban J connectivity index is 1.85. The number of carbonyl (C=O) groups excluding carboxylic acids is 2. The van der Waals surface area contributed by atoms with E-state index in [0.717, 1.165) is 6.42 Å². The van der Waals surface area contributed by atoms with Crippen molar-refractivity contribution in [1.29, 1.82) is 0 Å². The number of hydrogen-bond acceptors (Lipinski definition) is 6. The normalized spacial score (nSPS) is 11.8. The van der Waals surface area contributed by atoms with Crippen LogP contribution in [0.1, 0.15) is 31.9 Å². The Labute approximate surface area is 226 Å². The molecule has 1 aromatic heterocycles. The number of halogens is 1. The summed E-state index contributed by atoms with van der Waals surface area (Å²) in [4.78, 5) is 29.2. The molecule has 0 unspecified atom stereocenters. The van der Waals surface area contributed by atoms with E-state index >= 15 is 0 Å². The molecule has 0 aliphatic carbocycles. The van der Waals surface area contributed by atoms with E-state index in [1.807, 2.05) is 12.1 Å². The lowest BCUT2D eigenvalue weighted by Gasteiger charge is -2.32. The van der Waals surface area contributed by atoms with Crippen LogP contribution in [0.2, 0.25) is 0 Å². The standard InChI is InChI=1S/C29H32FN5O4/c1-19(2)15-16-31-29(37)27(22-11-8-14-25(38-3)28(22)39-4)35(21-10-7-9-20(30)17-21)26(36)18-34-24-13-6-5-12-23(24)32-33-34/h5-14,17,19,27H,15-16,18H2,1-4H3,(H,31,37)/t27-/m0/s1. The Hall–Kier alpha value is -4.47.